The minimum Gasteiger partial charge on any atom is -0.478 e. The Morgan fingerprint density at radius 2 is 1.88 bits per heavy atom. The first-order valence-electron chi connectivity index (χ1n) is 6.03. The van der Waals surface area contributed by atoms with Gasteiger partial charge >= 0.3 is 5.97 Å². The van der Waals surface area contributed by atoms with Crippen LogP contribution in [0.25, 0.3) is 5.57 Å². The molecular formula is C15H18O2. The summed E-state index contributed by atoms with van der Waals surface area (Å²) in [4.78, 5) is 10.8. The average Bonchev–Trinajstić information content (AvgIpc) is 2.28. The zero-order valence-electron chi connectivity index (χ0n) is 10.4. The molecule has 0 amide bonds. The summed E-state index contributed by atoms with van der Waals surface area (Å²) in [6, 6.07) is 7.19. The molecule has 0 aromatic heterocycles. The van der Waals surface area contributed by atoms with E-state index in [4.69, 9.17) is 5.11 Å². The Balaban J connectivity index is 2.29. The van der Waals surface area contributed by atoms with Crippen molar-refractivity contribution in [3.05, 3.63) is 41.5 Å². The van der Waals surface area contributed by atoms with Crippen LogP contribution in [0.2, 0.25) is 0 Å². The maximum atomic E-state index is 10.8. The summed E-state index contributed by atoms with van der Waals surface area (Å²) >= 11 is 0. The quantitative estimate of drug-likeness (QED) is 0.834. The molecule has 90 valence electrons. The number of hydrogen-bond acceptors (Lipinski definition) is 1. The van der Waals surface area contributed by atoms with Gasteiger partial charge in [0.15, 0.2) is 0 Å². The van der Waals surface area contributed by atoms with Gasteiger partial charge in [-0.25, -0.2) is 4.79 Å². The number of benzene rings is 1. The maximum absolute atomic E-state index is 10.8. The normalized spacial score (nSPS) is 18.6. The second-order valence-corrected chi connectivity index (χ2v) is 5.39. The van der Waals surface area contributed by atoms with Crippen LogP contribution in [0.3, 0.4) is 0 Å². The predicted octanol–water partition coefficient (Wildman–Crippen LogP) is 3.98. The molecule has 0 unspecified atom stereocenters. The minimum absolute atomic E-state index is 0.263. The van der Waals surface area contributed by atoms with Crippen LogP contribution >= 0.6 is 0 Å². The first-order chi connectivity index (χ1) is 7.98. The van der Waals surface area contributed by atoms with Crippen molar-refractivity contribution < 1.29 is 9.90 Å². The molecule has 0 bridgehead atoms. The summed E-state index contributed by atoms with van der Waals surface area (Å²) in [5.41, 5.74) is 3.12. The second kappa shape index (κ2) is 4.36. The molecule has 2 nitrogen and oxygen atoms in total. The summed E-state index contributed by atoms with van der Waals surface area (Å²) in [5.74, 6) is -0.866. The van der Waals surface area contributed by atoms with Crippen molar-refractivity contribution in [1.29, 1.82) is 0 Å². The lowest BCUT2D eigenvalue weighted by atomic mass is 9.78. The second-order valence-electron chi connectivity index (χ2n) is 5.39. The van der Waals surface area contributed by atoms with Gasteiger partial charge in [0.2, 0.25) is 0 Å². The van der Waals surface area contributed by atoms with Gasteiger partial charge in [-0.2, -0.15) is 0 Å². The van der Waals surface area contributed by atoms with Crippen LogP contribution in [0.4, 0.5) is 0 Å². The summed E-state index contributed by atoms with van der Waals surface area (Å²) in [6.07, 6.45) is 5.85. The molecule has 0 heterocycles. The first-order valence-corrected chi connectivity index (χ1v) is 6.03. The highest BCUT2D eigenvalue weighted by atomic mass is 16.4. The summed E-state index contributed by atoms with van der Waals surface area (Å²) in [5, 5.41) is 8.85. The number of allylic oxidation sites excluding steroid dienone is 2. The highest BCUT2D eigenvalue weighted by Crippen LogP contribution is 2.37. The average molecular weight is 230 g/mol. The Morgan fingerprint density at radius 1 is 1.24 bits per heavy atom. The van der Waals surface area contributed by atoms with E-state index in [0.29, 0.717) is 5.56 Å². The van der Waals surface area contributed by atoms with Crippen molar-refractivity contribution in [3.8, 4) is 0 Å². The fourth-order valence-corrected chi connectivity index (χ4v) is 2.41. The lowest BCUT2D eigenvalue weighted by Gasteiger charge is -2.27. The molecule has 0 radical (unpaired) electrons. The van der Waals surface area contributed by atoms with Crippen LogP contribution in [0.15, 0.2) is 30.3 Å². The highest BCUT2D eigenvalue weighted by molar-refractivity contribution is 5.88. The van der Waals surface area contributed by atoms with Gasteiger partial charge in [0.25, 0.3) is 0 Å². The van der Waals surface area contributed by atoms with E-state index in [1.54, 1.807) is 12.1 Å². The summed E-state index contributed by atoms with van der Waals surface area (Å²) in [7, 11) is 0. The third-order valence-corrected chi connectivity index (χ3v) is 3.33. The van der Waals surface area contributed by atoms with Crippen LogP contribution in [0, 0.1) is 5.41 Å². The Labute approximate surface area is 102 Å². The third kappa shape index (κ3) is 2.76. The van der Waals surface area contributed by atoms with E-state index in [1.807, 2.05) is 12.1 Å². The first kappa shape index (κ1) is 11.9. The molecule has 1 N–H and O–H groups in total. The number of carboxylic acid groups (broad SMARTS) is 1. The van der Waals surface area contributed by atoms with Gasteiger partial charge in [-0.1, -0.05) is 32.1 Å². The third-order valence-electron chi connectivity index (χ3n) is 3.33. The fourth-order valence-electron chi connectivity index (χ4n) is 2.41. The minimum atomic E-state index is -0.866. The van der Waals surface area contributed by atoms with Gasteiger partial charge in [-0.15, -0.1) is 0 Å². The highest BCUT2D eigenvalue weighted by Gasteiger charge is 2.20. The van der Waals surface area contributed by atoms with Crippen molar-refractivity contribution in [1.82, 2.24) is 0 Å². The lowest BCUT2D eigenvalue weighted by molar-refractivity contribution is 0.0697. The van der Waals surface area contributed by atoms with E-state index in [9.17, 15) is 4.79 Å². The molecule has 0 spiro atoms. The van der Waals surface area contributed by atoms with E-state index in [2.05, 4.69) is 19.9 Å². The smallest absolute Gasteiger partial charge is 0.335 e. The van der Waals surface area contributed by atoms with Crippen molar-refractivity contribution in [3.63, 3.8) is 0 Å². The number of rotatable bonds is 2. The van der Waals surface area contributed by atoms with Gasteiger partial charge in [0.05, 0.1) is 5.56 Å². The molecule has 2 rings (SSSR count). The fraction of sp³-hybridized carbons (Fsp3) is 0.400. The molecule has 0 saturated heterocycles. The summed E-state index contributed by atoms with van der Waals surface area (Å²) in [6.45, 7) is 4.50. The standard InChI is InChI=1S/C15H18O2/c1-15(2)9-3-4-13(10-15)11-5-7-12(8-6-11)14(16)17/h5-8,10H,3-4,9H2,1-2H3,(H,16,17). The number of carbonyl (C=O) groups is 1. The van der Waals surface area contributed by atoms with Crippen LogP contribution in [-0.2, 0) is 0 Å². The lowest BCUT2D eigenvalue weighted by Crippen LogP contribution is -2.12. The van der Waals surface area contributed by atoms with Crippen molar-refractivity contribution in [2.75, 3.05) is 0 Å². The van der Waals surface area contributed by atoms with Crippen LogP contribution in [-0.4, -0.2) is 11.1 Å². The molecule has 0 fully saturated rings. The van der Waals surface area contributed by atoms with Gasteiger partial charge in [0.1, 0.15) is 0 Å². The molecule has 17 heavy (non-hydrogen) atoms. The zero-order valence-corrected chi connectivity index (χ0v) is 10.4. The van der Waals surface area contributed by atoms with Crippen LogP contribution in [0.5, 0.6) is 0 Å². The van der Waals surface area contributed by atoms with E-state index in [1.165, 1.54) is 18.4 Å². The van der Waals surface area contributed by atoms with Gasteiger partial charge < -0.3 is 5.11 Å². The largest absolute Gasteiger partial charge is 0.478 e. The van der Waals surface area contributed by atoms with Gasteiger partial charge in [-0.3, -0.25) is 0 Å². The number of hydrogen-bond donors (Lipinski definition) is 1. The molecule has 1 aliphatic carbocycles. The number of carboxylic acids is 1. The molecule has 1 aliphatic rings. The molecule has 2 heteroatoms. The molecule has 1 aromatic carbocycles. The van der Waals surface area contributed by atoms with Gasteiger partial charge in [0, 0.05) is 0 Å². The molecular weight excluding hydrogens is 212 g/mol. The van der Waals surface area contributed by atoms with E-state index < -0.39 is 5.97 Å². The molecule has 1 aromatic rings. The van der Waals surface area contributed by atoms with Crippen LogP contribution < -0.4 is 0 Å². The van der Waals surface area contributed by atoms with E-state index in [-0.39, 0.29) is 5.41 Å². The van der Waals surface area contributed by atoms with Gasteiger partial charge in [-0.05, 0) is 47.9 Å². The maximum Gasteiger partial charge on any atom is 0.335 e. The zero-order chi connectivity index (χ0) is 12.5. The SMILES string of the molecule is CC1(C)C=C(c2ccc(C(=O)O)cc2)CCC1. The van der Waals surface area contributed by atoms with E-state index in [0.717, 1.165) is 12.0 Å². The Bertz CT molecular complexity index is 452. The summed E-state index contributed by atoms with van der Waals surface area (Å²) < 4.78 is 0. The Kier molecular flexibility index (Phi) is 3.05. The molecule has 0 saturated carbocycles. The Morgan fingerprint density at radius 3 is 2.41 bits per heavy atom. The van der Waals surface area contributed by atoms with Crippen LogP contribution in [0.1, 0.15) is 49.0 Å². The Hall–Kier alpha value is -1.57. The monoisotopic (exact) mass is 230 g/mol. The molecule has 0 atom stereocenters. The predicted molar refractivity (Wildman–Crippen MR) is 69.0 cm³/mol. The number of aromatic carboxylic acids is 1. The van der Waals surface area contributed by atoms with E-state index >= 15 is 0 Å². The van der Waals surface area contributed by atoms with Crippen molar-refractivity contribution in [2.45, 2.75) is 33.1 Å². The molecule has 0 aliphatic heterocycles. The van der Waals surface area contributed by atoms with Crippen molar-refractivity contribution in [2.24, 2.45) is 5.41 Å². The topological polar surface area (TPSA) is 37.3 Å². The van der Waals surface area contributed by atoms with Crippen molar-refractivity contribution >= 4 is 11.5 Å².